The summed E-state index contributed by atoms with van der Waals surface area (Å²) in [5, 5.41) is 0. The number of nitrogens with two attached hydrogens (primary N) is 1. The third kappa shape index (κ3) is 5.45. The first-order valence-corrected chi connectivity index (χ1v) is 12.0. The fourth-order valence-corrected chi connectivity index (χ4v) is 4.51. The number of nitrogens with zero attached hydrogens (tertiary/aromatic N) is 3. The average molecular weight is 495 g/mol. The van der Waals surface area contributed by atoms with Crippen molar-refractivity contribution < 1.29 is 22.7 Å². The van der Waals surface area contributed by atoms with Crippen LogP contribution in [0.25, 0.3) is 0 Å². The number of nitrogen functional groups attached to an aromatic ring is 1. The van der Waals surface area contributed by atoms with Crippen LogP contribution >= 0.6 is 0 Å². The molecule has 2 aromatic rings. The topological polar surface area (TPSA) is 151 Å². The highest BCUT2D eigenvalue weighted by Crippen LogP contribution is 2.18. The molecule has 0 saturated carbocycles. The molecular formula is C22H30N4O7S. The molecule has 0 aliphatic carbocycles. The van der Waals surface area contributed by atoms with Gasteiger partial charge in [0.05, 0.1) is 10.5 Å². The maximum atomic E-state index is 12.7. The maximum absolute atomic E-state index is 12.7. The fourth-order valence-electron chi connectivity index (χ4n) is 3.10. The molecule has 0 radical (unpaired) electrons. The zero-order chi connectivity index (χ0) is 26.0. The molecule has 11 nitrogen and oxygen atoms in total. The molecule has 0 atom stereocenters. The van der Waals surface area contributed by atoms with Gasteiger partial charge >= 0.3 is 11.7 Å². The number of rotatable bonds is 9. The van der Waals surface area contributed by atoms with Gasteiger partial charge in [-0.1, -0.05) is 19.9 Å². The molecule has 0 saturated heterocycles. The average Bonchev–Trinajstić information content (AvgIpc) is 2.78. The Morgan fingerprint density at radius 1 is 1.15 bits per heavy atom. The van der Waals surface area contributed by atoms with Crippen LogP contribution in [-0.4, -0.2) is 53.3 Å². The van der Waals surface area contributed by atoms with Gasteiger partial charge in [-0.2, -0.15) is 4.31 Å². The number of hydrogen-bond acceptors (Lipinski definition) is 8. The monoisotopic (exact) mass is 494 g/mol. The summed E-state index contributed by atoms with van der Waals surface area (Å²) in [6.07, 6.45) is 0. The summed E-state index contributed by atoms with van der Waals surface area (Å²) in [5.41, 5.74) is 3.87. The Hall–Kier alpha value is -3.25. The molecule has 0 bridgehead atoms. The number of Topliss-reactive ketones (excluding diaryl/α,β-unsaturated/α-hetero) is 1. The van der Waals surface area contributed by atoms with Crippen LogP contribution in [0.3, 0.4) is 0 Å². The summed E-state index contributed by atoms with van der Waals surface area (Å²) < 4.78 is 33.5. The van der Waals surface area contributed by atoms with E-state index in [0.717, 1.165) is 19.5 Å². The third-order valence-electron chi connectivity index (χ3n) is 5.22. The van der Waals surface area contributed by atoms with Crippen LogP contribution in [0.4, 0.5) is 5.82 Å². The second-order valence-corrected chi connectivity index (χ2v) is 10.6. The van der Waals surface area contributed by atoms with Gasteiger partial charge < -0.3 is 10.5 Å². The highest BCUT2D eigenvalue weighted by atomic mass is 32.2. The first kappa shape index (κ1) is 27.0. The minimum atomic E-state index is -3.84. The lowest BCUT2D eigenvalue weighted by Gasteiger charge is -2.21. The molecule has 0 unspecified atom stereocenters. The van der Waals surface area contributed by atoms with Gasteiger partial charge in [-0.3, -0.25) is 18.7 Å². The van der Waals surface area contributed by atoms with Crippen LogP contribution in [0.5, 0.6) is 0 Å². The molecule has 12 heteroatoms. The van der Waals surface area contributed by atoms with E-state index >= 15 is 0 Å². The predicted molar refractivity (Wildman–Crippen MR) is 126 cm³/mol. The number of carbonyl (C=O) groups excluding carboxylic acids is 2. The minimum Gasteiger partial charge on any atom is -0.454 e. The van der Waals surface area contributed by atoms with Crippen molar-refractivity contribution in [2.24, 2.45) is 13.0 Å². The molecule has 34 heavy (non-hydrogen) atoms. The highest BCUT2D eigenvalue weighted by Gasteiger charge is 2.26. The summed E-state index contributed by atoms with van der Waals surface area (Å²) in [7, 11) is -1.19. The molecule has 0 spiro atoms. The van der Waals surface area contributed by atoms with Crippen LogP contribution in [0, 0.1) is 5.92 Å². The first-order valence-electron chi connectivity index (χ1n) is 10.6. The first-order chi connectivity index (χ1) is 15.7. The second kappa shape index (κ2) is 10.3. The van der Waals surface area contributed by atoms with Gasteiger partial charge in [0, 0.05) is 26.7 Å². The summed E-state index contributed by atoms with van der Waals surface area (Å²) in [4.78, 5) is 50.0. The van der Waals surface area contributed by atoms with Crippen molar-refractivity contribution in [1.29, 1.82) is 0 Å². The van der Waals surface area contributed by atoms with E-state index in [2.05, 4.69) is 0 Å². The van der Waals surface area contributed by atoms with E-state index in [0.29, 0.717) is 0 Å². The molecule has 0 aliphatic heterocycles. The summed E-state index contributed by atoms with van der Waals surface area (Å²) in [6, 6.07) is 4.92. The number of ketones is 1. The molecule has 1 aromatic carbocycles. The molecule has 0 amide bonds. The Bertz CT molecular complexity index is 1320. The highest BCUT2D eigenvalue weighted by molar-refractivity contribution is 7.89. The Balaban J connectivity index is 2.30. The van der Waals surface area contributed by atoms with Crippen LogP contribution in [0.15, 0.2) is 38.8 Å². The number of aromatic nitrogens is 2. The Morgan fingerprint density at radius 3 is 2.32 bits per heavy atom. The number of hydrogen-bond donors (Lipinski definition) is 1. The van der Waals surface area contributed by atoms with E-state index in [9.17, 15) is 27.6 Å². The third-order valence-corrected chi connectivity index (χ3v) is 7.25. The van der Waals surface area contributed by atoms with Crippen LogP contribution in [0.2, 0.25) is 0 Å². The molecule has 1 aromatic heterocycles. The van der Waals surface area contributed by atoms with Crippen molar-refractivity contribution in [2.45, 2.75) is 45.2 Å². The van der Waals surface area contributed by atoms with Crippen molar-refractivity contribution in [2.75, 3.05) is 19.4 Å². The van der Waals surface area contributed by atoms with Crippen molar-refractivity contribution >= 4 is 27.6 Å². The van der Waals surface area contributed by atoms with Gasteiger partial charge in [-0.25, -0.2) is 18.0 Å². The van der Waals surface area contributed by atoms with E-state index in [1.165, 1.54) is 32.3 Å². The SMILES string of the molecule is CC(C)Cn1c(N)c(C(=O)COC(=O)c2cccc(S(=O)(=O)N(C)C(C)C)c2)c(=O)n(C)c1=O. The van der Waals surface area contributed by atoms with Crippen LogP contribution < -0.4 is 17.0 Å². The number of sulfonamides is 1. The zero-order valence-corrected chi connectivity index (χ0v) is 20.9. The fraction of sp³-hybridized carbons (Fsp3) is 0.455. The summed E-state index contributed by atoms with van der Waals surface area (Å²) in [5.74, 6) is -2.12. The molecule has 186 valence electrons. The molecule has 0 fully saturated rings. The van der Waals surface area contributed by atoms with Crippen molar-refractivity contribution in [1.82, 2.24) is 13.4 Å². The number of anilines is 1. The van der Waals surface area contributed by atoms with Gasteiger partial charge in [0.1, 0.15) is 11.4 Å². The van der Waals surface area contributed by atoms with Gasteiger partial charge in [-0.15, -0.1) is 0 Å². The predicted octanol–water partition coefficient (Wildman–Crippen LogP) is 0.854. The van der Waals surface area contributed by atoms with Gasteiger partial charge in [0.15, 0.2) is 6.61 Å². The second-order valence-electron chi connectivity index (χ2n) is 8.55. The van der Waals surface area contributed by atoms with E-state index < -0.39 is 45.2 Å². The van der Waals surface area contributed by atoms with Gasteiger partial charge in [0.2, 0.25) is 15.8 Å². The lowest BCUT2D eigenvalue weighted by molar-refractivity contribution is 0.0474. The Kier molecular flexibility index (Phi) is 8.22. The normalized spacial score (nSPS) is 11.9. The largest absolute Gasteiger partial charge is 0.454 e. The van der Waals surface area contributed by atoms with Gasteiger partial charge in [-0.05, 0) is 38.0 Å². The number of benzene rings is 1. The smallest absolute Gasteiger partial charge is 0.338 e. The van der Waals surface area contributed by atoms with Crippen molar-refractivity contribution in [3.63, 3.8) is 0 Å². The summed E-state index contributed by atoms with van der Waals surface area (Å²) >= 11 is 0. The molecule has 1 heterocycles. The number of carbonyl (C=O) groups is 2. The molecule has 0 aliphatic rings. The lowest BCUT2D eigenvalue weighted by atomic mass is 10.1. The van der Waals surface area contributed by atoms with Gasteiger partial charge in [0.25, 0.3) is 5.56 Å². The quantitative estimate of drug-likeness (QED) is 0.398. The molecule has 2 N–H and O–H groups in total. The van der Waals surface area contributed by atoms with E-state index in [-0.39, 0.29) is 34.8 Å². The van der Waals surface area contributed by atoms with Crippen molar-refractivity contribution in [3.05, 3.63) is 56.2 Å². The van der Waals surface area contributed by atoms with E-state index in [4.69, 9.17) is 10.5 Å². The van der Waals surface area contributed by atoms with Crippen molar-refractivity contribution in [3.8, 4) is 0 Å². The Morgan fingerprint density at radius 2 is 1.76 bits per heavy atom. The number of ether oxygens (including phenoxy) is 1. The zero-order valence-electron chi connectivity index (χ0n) is 20.1. The van der Waals surface area contributed by atoms with E-state index in [1.807, 2.05) is 13.8 Å². The lowest BCUT2D eigenvalue weighted by Crippen LogP contribution is -2.43. The maximum Gasteiger partial charge on any atom is 0.338 e. The van der Waals surface area contributed by atoms with Crippen LogP contribution in [0.1, 0.15) is 48.4 Å². The summed E-state index contributed by atoms with van der Waals surface area (Å²) in [6.45, 7) is 6.47. The minimum absolute atomic E-state index is 0.0107. The van der Waals surface area contributed by atoms with Crippen LogP contribution in [-0.2, 0) is 28.4 Å². The Labute approximate surface area is 197 Å². The standard InChI is InChI=1S/C22H30N4O7S/c1-13(2)11-26-19(23)18(20(28)24(5)22(26)30)17(27)12-33-21(29)15-8-7-9-16(10-15)34(31,32)25(6)14(3)4/h7-10,13-14H,11-12,23H2,1-6H3. The molecular weight excluding hydrogens is 464 g/mol. The number of esters is 1. The molecule has 2 rings (SSSR count). The van der Waals surface area contributed by atoms with E-state index in [1.54, 1.807) is 13.8 Å².